The summed E-state index contributed by atoms with van der Waals surface area (Å²) < 4.78 is 33.4. The Hall–Kier alpha value is -3.35. The molecule has 7 nitrogen and oxygen atoms in total. The molecule has 2 aromatic rings. The number of ketones is 1. The molecule has 0 heterocycles. The van der Waals surface area contributed by atoms with Crippen molar-refractivity contribution in [3.63, 3.8) is 0 Å². The second-order valence-electron chi connectivity index (χ2n) is 7.46. The van der Waals surface area contributed by atoms with Crippen molar-refractivity contribution in [2.24, 2.45) is 0 Å². The van der Waals surface area contributed by atoms with E-state index in [9.17, 15) is 4.79 Å². The van der Waals surface area contributed by atoms with Crippen LogP contribution in [0.2, 0.25) is 0 Å². The molecular weight excluding hydrogens is 412 g/mol. The molecule has 7 heteroatoms. The summed E-state index contributed by atoms with van der Waals surface area (Å²) >= 11 is 0. The Morgan fingerprint density at radius 1 is 0.719 bits per heavy atom. The van der Waals surface area contributed by atoms with Crippen LogP contribution in [0.1, 0.15) is 43.6 Å². The van der Waals surface area contributed by atoms with Crippen LogP contribution in [-0.4, -0.2) is 46.4 Å². The van der Waals surface area contributed by atoms with Crippen molar-refractivity contribution in [1.29, 1.82) is 0 Å². The van der Waals surface area contributed by atoms with Crippen LogP contribution < -0.4 is 28.4 Å². The summed E-state index contributed by atoms with van der Waals surface area (Å²) in [6.07, 6.45) is 3.05. The molecule has 2 rings (SSSR count). The molecule has 174 valence electrons. The molecule has 0 aliphatic rings. The van der Waals surface area contributed by atoms with E-state index in [2.05, 4.69) is 0 Å². The molecule has 0 bridgehead atoms. The molecule has 0 atom stereocenters. The van der Waals surface area contributed by atoms with Gasteiger partial charge in [-0.25, -0.2) is 0 Å². The minimum atomic E-state index is -0.311. The Morgan fingerprint density at radius 2 is 1.31 bits per heavy atom. The molecule has 0 unspecified atom stereocenters. The monoisotopic (exact) mass is 444 g/mol. The van der Waals surface area contributed by atoms with Crippen LogP contribution in [0.25, 0.3) is 6.08 Å². The Kier molecular flexibility index (Phi) is 8.81. The van der Waals surface area contributed by atoms with Gasteiger partial charge in [-0.1, -0.05) is 12.1 Å². The quantitative estimate of drug-likeness (QED) is 0.349. The highest BCUT2D eigenvalue weighted by molar-refractivity contribution is 6.11. The number of ether oxygens (including phenoxy) is 6. The van der Waals surface area contributed by atoms with Crippen molar-refractivity contribution in [2.75, 3.05) is 28.4 Å². The number of hydrogen-bond donors (Lipinski definition) is 0. The molecule has 0 radical (unpaired) electrons. The average Bonchev–Trinajstić information content (AvgIpc) is 2.76. The Labute approximate surface area is 189 Å². The van der Waals surface area contributed by atoms with Crippen molar-refractivity contribution in [2.45, 2.75) is 39.9 Å². The third-order valence-electron chi connectivity index (χ3n) is 4.38. The van der Waals surface area contributed by atoms with Gasteiger partial charge in [-0.2, -0.15) is 0 Å². The van der Waals surface area contributed by atoms with Crippen LogP contribution >= 0.6 is 0 Å². The molecule has 0 spiro atoms. The molecule has 0 aliphatic heterocycles. The summed E-state index contributed by atoms with van der Waals surface area (Å²) in [4.78, 5) is 13.1. The number of carbonyl (C=O) groups excluding carboxylic acids is 1. The van der Waals surface area contributed by atoms with E-state index in [4.69, 9.17) is 28.4 Å². The molecule has 0 aromatic heterocycles. The molecule has 0 fully saturated rings. The summed E-state index contributed by atoms with van der Waals surface area (Å²) in [6, 6.07) is 7.09. The van der Waals surface area contributed by atoms with Gasteiger partial charge in [-0.15, -0.1) is 0 Å². The second kappa shape index (κ2) is 11.3. The van der Waals surface area contributed by atoms with E-state index in [1.165, 1.54) is 27.4 Å². The minimum Gasteiger partial charge on any atom is -0.496 e. The molecule has 0 saturated carbocycles. The number of hydrogen-bond acceptors (Lipinski definition) is 7. The smallest absolute Gasteiger partial charge is 0.204 e. The first kappa shape index (κ1) is 24.9. The van der Waals surface area contributed by atoms with Gasteiger partial charge < -0.3 is 28.4 Å². The Balaban J connectivity index is 2.45. The van der Waals surface area contributed by atoms with Crippen LogP contribution in [0.15, 0.2) is 30.3 Å². The number of methoxy groups -OCH3 is 4. The van der Waals surface area contributed by atoms with E-state index in [1.807, 2.05) is 39.8 Å². The van der Waals surface area contributed by atoms with Gasteiger partial charge in [0.15, 0.2) is 28.8 Å². The van der Waals surface area contributed by atoms with Crippen LogP contribution in [0.4, 0.5) is 0 Å². The number of rotatable bonds is 11. The zero-order chi connectivity index (χ0) is 23.8. The van der Waals surface area contributed by atoms with E-state index in [0.29, 0.717) is 28.7 Å². The molecule has 0 aliphatic carbocycles. The van der Waals surface area contributed by atoms with Gasteiger partial charge in [0.25, 0.3) is 0 Å². The SMILES string of the molecule is COc1cc(/C=C/C(=O)c2c(OC)cc(OC(C)C)c(OC)c2OC)ccc1OC(C)C. The molecule has 2 aromatic carbocycles. The van der Waals surface area contributed by atoms with Gasteiger partial charge in [0, 0.05) is 6.07 Å². The van der Waals surface area contributed by atoms with E-state index >= 15 is 0 Å². The first-order chi connectivity index (χ1) is 15.2. The lowest BCUT2D eigenvalue weighted by Crippen LogP contribution is -2.10. The second-order valence-corrected chi connectivity index (χ2v) is 7.46. The fourth-order valence-electron chi connectivity index (χ4n) is 3.11. The topological polar surface area (TPSA) is 72.5 Å². The highest BCUT2D eigenvalue weighted by Gasteiger charge is 2.25. The fourth-order valence-corrected chi connectivity index (χ4v) is 3.11. The summed E-state index contributed by atoms with van der Waals surface area (Å²) in [5.74, 6) is 2.24. The zero-order valence-electron chi connectivity index (χ0n) is 20.0. The van der Waals surface area contributed by atoms with Gasteiger partial charge in [0.1, 0.15) is 11.3 Å². The van der Waals surface area contributed by atoms with Crippen LogP contribution in [-0.2, 0) is 0 Å². The summed E-state index contributed by atoms with van der Waals surface area (Å²) in [6.45, 7) is 7.68. The van der Waals surface area contributed by atoms with E-state index in [0.717, 1.165) is 5.56 Å². The molecule has 0 saturated heterocycles. The summed E-state index contributed by atoms with van der Waals surface area (Å²) in [5, 5.41) is 0. The van der Waals surface area contributed by atoms with Gasteiger partial charge >= 0.3 is 0 Å². The zero-order valence-corrected chi connectivity index (χ0v) is 20.0. The third-order valence-corrected chi connectivity index (χ3v) is 4.38. The first-order valence-corrected chi connectivity index (χ1v) is 10.3. The summed E-state index contributed by atoms with van der Waals surface area (Å²) in [5.41, 5.74) is 1.02. The maximum Gasteiger partial charge on any atom is 0.204 e. The van der Waals surface area contributed by atoms with Crippen molar-refractivity contribution in [3.05, 3.63) is 41.5 Å². The number of benzene rings is 2. The highest BCUT2D eigenvalue weighted by Crippen LogP contribution is 2.46. The third kappa shape index (κ3) is 5.87. The van der Waals surface area contributed by atoms with Crippen LogP contribution in [0, 0.1) is 0 Å². The van der Waals surface area contributed by atoms with Crippen molar-refractivity contribution in [3.8, 4) is 34.5 Å². The van der Waals surface area contributed by atoms with Crippen molar-refractivity contribution in [1.82, 2.24) is 0 Å². The number of allylic oxidation sites excluding steroid dienone is 1. The van der Waals surface area contributed by atoms with E-state index in [1.54, 1.807) is 25.3 Å². The predicted molar refractivity (Wildman–Crippen MR) is 124 cm³/mol. The lowest BCUT2D eigenvalue weighted by Gasteiger charge is -2.20. The molecule has 32 heavy (non-hydrogen) atoms. The van der Waals surface area contributed by atoms with Gasteiger partial charge in [0.2, 0.25) is 5.75 Å². The molecule has 0 N–H and O–H groups in total. The average molecular weight is 445 g/mol. The summed E-state index contributed by atoms with van der Waals surface area (Å²) in [7, 11) is 6.02. The van der Waals surface area contributed by atoms with Crippen LogP contribution in [0.3, 0.4) is 0 Å². The first-order valence-electron chi connectivity index (χ1n) is 10.3. The maximum absolute atomic E-state index is 13.1. The van der Waals surface area contributed by atoms with Crippen LogP contribution in [0.5, 0.6) is 34.5 Å². The van der Waals surface area contributed by atoms with Crippen molar-refractivity contribution >= 4 is 11.9 Å². The normalized spacial score (nSPS) is 11.1. The lowest BCUT2D eigenvalue weighted by molar-refractivity contribution is 0.104. The van der Waals surface area contributed by atoms with E-state index < -0.39 is 0 Å². The van der Waals surface area contributed by atoms with Crippen molar-refractivity contribution < 1.29 is 33.2 Å². The van der Waals surface area contributed by atoms with E-state index in [-0.39, 0.29) is 29.3 Å². The fraction of sp³-hybridized carbons (Fsp3) is 0.400. The molecular formula is C25H32O7. The Morgan fingerprint density at radius 3 is 1.84 bits per heavy atom. The minimum absolute atomic E-state index is 0.0180. The van der Waals surface area contributed by atoms with Gasteiger partial charge in [-0.05, 0) is 51.5 Å². The highest BCUT2D eigenvalue weighted by atomic mass is 16.5. The standard InChI is InChI=1S/C25H32O7/c1-15(2)31-19-12-10-17(13-20(19)27-5)9-11-18(26)23-21(28-6)14-22(32-16(3)4)24(29-7)25(23)30-8/h9-16H,1-8H3/b11-9+. The maximum atomic E-state index is 13.1. The predicted octanol–water partition coefficient (Wildman–Crippen LogP) is 5.19. The lowest BCUT2D eigenvalue weighted by atomic mass is 10.0. The largest absolute Gasteiger partial charge is 0.496 e. The van der Waals surface area contributed by atoms with Gasteiger partial charge in [-0.3, -0.25) is 4.79 Å². The Bertz CT molecular complexity index is 961. The number of carbonyl (C=O) groups is 1. The van der Waals surface area contributed by atoms with Gasteiger partial charge in [0.05, 0.1) is 40.6 Å². The molecule has 0 amide bonds.